The van der Waals surface area contributed by atoms with Gasteiger partial charge in [0.15, 0.2) is 0 Å². The zero-order chi connectivity index (χ0) is 21.7. The molecule has 158 valence electrons. The van der Waals surface area contributed by atoms with Gasteiger partial charge in [-0.15, -0.1) is 0 Å². The third-order valence-corrected chi connectivity index (χ3v) is 5.83. The van der Waals surface area contributed by atoms with Gasteiger partial charge in [0, 0.05) is 0 Å². The smallest absolute Gasteiger partial charge is 0.322 e. The summed E-state index contributed by atoms with van der Waals surface area (Å²) in [5.41, 5.74) is 8.87. The second-order valence-corrected chi connectivity index (χ2v) is 8.13. The molecule has 3 rings (SSSR count). The van der Waals surface area contributed by atoms with Crippen LogP contribution in [0.15, 0.2) is 42.5 Å². The number of imide groups is 1. The van der Waals surface area contributed by atoms with Gasteiger partial charge in [-0.2, -0.15) is 0 Å². The minimum atomic E-state index is -0.699. The van der Waals surface area contributed by atoms with E-state index in [4.69, 9.17) is 15.2 Å². The van der Waals surface area contributed by atoms with Crippen LogP contribution in [0.3, 0.4) is 0 Å². The summed E-state index contributed by atoms with van der Waals surface area (Å²) in [6.45, 7) is 2.03. The number of amides is 2. The highest BCUT2D eigenvalue weighted by molar-refractivity contribution is 8.15. The number of esters is 1. The fourth-order valence-corrected chi connectivity index (χ4v) is 4.10. The number of aryl methyl sites for hydroxylation is 1. The molecule has 2 aromatic rings. The molecule has 1 aliphatic rings. The summed E-state index contributed by atoms with van der Waals surface area (Å²) in [4.78, 5) is 34.6. The molecular weight excluding hydrogens is 404 g/mol. The van der Waals surface area contributed by atoms with Crippen molar-refractivity contribution in [3.8, 4) is 11.5 Å². The van der Waals surface area contributed by atoms with Crippen LogP contribution < -0.4 is 15.8 Å². The third kappa shape index (κ3) is 5.40. The van der Waals surface area contributed by atoms with Crippen LogP contribution in [-0.2, 0) is 33.6 Å². The summed E-state index contributed by atoms with van der Waals surface area (Å²) in [5, 5.41) is 1.61. The second kappa shape index (κ2) is 9.77. The average molecular weight is 429 g/mol. The molecule has 1 aliphatic heterocycles. The van der Waals surface area contributed by atoms with Crippen molar-refractivity contribution in [2.24, 2.45) is 5.73 Å². The SMILES string of the molecule is CCc1cc(Oc2ccc(CC3SC(=O)NC3=O)cc2)ccc1CC(N)C(=O)OC. The van der Waals surface area contributed by atoms with Gasteiger partial charge < -0.3 is 15.2 Å². The van der Waals surface area contributed by atoms with Crippen LogP contribution in [0.4, 0.5) is 4.79 Å². The molecule has 2 unspecified atom stereocenters. The highest BCUT2D eigenvalue weighted by Gasteiger charge is 2.31. The molecule has 2 atom stereocenters. The number of methoxy groups -OCH3 is 1. The van der Waals surface area contributed by atoms with E-state index in [0.717, 1.165) is 34.9 Å². The Labute approximate surface area is 179 Å². The Hall–Kier alpha value is -2.84. The van der Waals surface area contributed by atoms with Crippen molar-refractivity contribution in [1.82, 2.24) is 5.32 Å². The molecule has 0 bridgehead atoms. The molecular formula is C22H24N2O5S. The molecule has 2 amide bonds. The van der Waals surface area contributed by atoms with Crippen LogP contribution in [0.2, 0.25) is 0 Å². The van der Waals surface area contributed by atoms with E-state index in [1.54, 1.807) is 0 Å². The molecule has 3 N–H and O–H groups in total. The maximum Gasteiger partial charge on any atom is 0.322 e. The minimum Gasteiger partial charge on any atom is -0.468 e. The number of nitrogens with one attached hydrogen (secondary N) is 1. The first-order chi connectivity index (χ1) is 14.4. The second-order valence-electron chi connectivity index (χ2n) is 6.95. The van der Waals surface area contributed by atoms with Crippen LogP contribution in [0.25, 0.3) is 0 Å². The van der Waals surface area contributed by atoms with Gasteiger partial charge in [0.1, 0.15) is 17.5 Å². The van der Waals surface area contributed by atoms with Crippen molar-refractivity contribution >= 4 is 28.9 Å². The van der Waals surface area contributed by atoms with Crippen molar-refractivity contribution in [1.29, 1.82) is 0 Å². The van der Waals surface area contributed by atoms with E-state index in [1.807, 2.05) is 49.4 Å². The predicted octanol–water partition coefficient (Wildman–Crippen LogP) is 2.98. The summed E-state index contributed by atoms with van der Waals surface area (Å²) in [6, 6.07) is 12.4. The molecule has 0 aliphatic carbocycles. The van der Waals surface area contributed by atoms with Gasteiger partial charge in [-0.25, -0.2) is 0 Å². The monoisotopic (exact) mass is 428 g/mol. The maximum absolute atomic E-state index is 11.7. The normalized spacial score (nSPS) is 16.8. The number of hydrogen-bond acceptors (Lipinski definition) is 7. The van der Waals surface area contributed by atoms with Gasteiger partial charge in [-0.3, -0.25) is 19.7 Å². The van der Waals surface area contributed by atoms with Gasteiger partial charge in [0.25, 0.3) is 5.24 Å². The van der Waals surface area contributed by atoms with Crippen LogP contribution in [0.1, 0.15) is 23.6 Å². The number of ether oxygens (including phenoxy) is 2. The molecule has 0 radical (unpaired) electrons. The molecule has 2 aromatic carbocycles. The van der Waals surface area contributed by atoms with E-state index < -0.39 is 12.0 Å². The minimum absolute atomic E-state index is 0.246. The molecule has 1 saturated heterocycles. The van der Waals surface area contributed by atoms with E-state index in [9.17, 15) is 14.4 Å². The number of hydrogen-bond donors (Lipinski definition) is 2. The Morgan fingerprint density at radius 2 is 1.83 bits per heavy atom. The average Bonchev–Trinajstić information content (AvgIpc) is 3.06. The Morgan fingerprint density at radius 3 is 2.43 bits per heavy atom. The number of thioether (sulfide) groups is 1. The Balaban J connectivity index is 1.65. The highest BCUT2D eigenvalue weighted by atomic mass is 32.2. The Morgan fingerprint density at radius 1 is 1.13 bits per heavy atom. The number of carbonyl (C=O) groups is 3. The van der Waals surface area contributed by atoms with E-state index >= 15 is 0 Å². The van der Waals surface area contributed by atoms with Crippen LogP contribution >= 0.6 is 11.8 Å². The molecule has 7 nitrogen and oxygen atoms in total. The summed E-state index contributed by atoms with van der Waals surface area (Å²) < 4.78 is 10.6. The van der Waals surface area contributed by atoms with Crippen LogP contribution in [0.5, 0.6) is 11.5 Å². The lowest BCUT2D eigenvalue weighted by atomic mass is 9.98. The topological polar surface area (TPSA) is 108 Å². The molecule has 30 heavy (non-hydrogen) atoms. The molecule has 8 heteroatoms. The first-order valence-electron chi connectivity index (χ1n) is 9.63. The van der Waals surface area contributed by atoms with E-state index in [0.29, 0.717) is 24.3 Å². The van der Waals surface area contributed by atoms with Crippen molar-refractivity contribution in [3.05, 3.63) is 59.2 Å². The van der Waals surface area contributed by atoms with E-state index in [1.165, 1.54) is 7.11 Å². The summed E-state index contributed by atoms with van der Waals surface area (Å²) in [7, 11) is 1.33. The van der Waals surface area contributed by atoms with Gasteiger partial charge in [-0.1, -0.05) is 36.9 Å². The molecule has 1 heterocycles. The van der Waals surface area contributed by atoms with Gasteiger partial charge in [0.05, 0.1) is 12.4 Å². The summed E-state index contributed by atoms with van der Waals surface area (Å²) >= 11 is 1.02. The zero-order valence-electron chi connectivity index (χ0n) is 16.8. The van der Waals surface area contributed by atoms with Gasteiger partial charge in [0.2, 0.25) is 5.91 Å². The first-order valence-corrected chi connectivity index (χ1v) is 10.5. The zero-order valence-corrected chi connectivity index (χ0v) is 17.7. The summed E-state index contributed by atoms with van der Waals surface area (Å²) in [5.74, 6) is 0.672. The standard InChI is InChI=1S/C22H24N2O5S/c1-3-14-11-17(9-6-15(14)12-18(23)21(26)28-2)29-16-7-4-13(5-8-16)10-19-20(25)24-22(27)30-19/h4-9,11,18-19H,3,10,12,23H2,1-2H3,(H,24,25,27). The van der Waals surface area contributed by atoms with Gasteiger partial charge >= 0.3 is 5.97 Å². The molecule has 0 saturated carbocycles. The Kier molecular flexibility index (Phi) is 7.12. The molecule has 0 aromatic heterocycles. The predicted molar refractivity (Wildman–Crippen MR) is 115 cm³/mol. The van der Waals surface area contributed by atoms with E-state index in [-0.39, 0.29) is 16.4 Å². The lowest BCUT2D eigenvalue weighted by Crippen LogP contribution is -2.33. The fraction of sp³-hybridized carbons (Fsp3) is 0.318. The third-order valence-electron chi connectivity index (χ3n) is 4.85. The van der Waals surface area contributed by atoms with Crippen LogP contribution in [0, 0.1) is 0 Å². The lowest BCUT2D eigenvalue weighted by Gasteiger charge is -2.14. The fourth-order valence-electron chi connectivity index (χ4n) is 3.24. The van der Waals surface area contributed by atoms with Crippen molar-refractivity contribution in [3.63, 3.8) is 0 Å². The van der Waals surface area contributed by atoms with Crippen molar-refractivity contribution in [2.45, 2.75) is 37.5 Å². The van der Waals surface area contributed by atoms with Gasteiger partial charge in [-0.05, 0) is 60.2 Å². The summed E-state index contributed by atoms with van der Waals surface area (Å²) in [6.07, 6.45) is 1.66. The maximum atomic E-state index is 11.7. The number of rotatable bonds is 8. The van der Waals surface area contributed by atoms with Crippen molar-refractivity contribution in [2.75, 3.05) is 7.11 Å². The number of nitrogens with two attached hydrogens (primary N) is 1. The lowest BCUT2D eigenvalue weighted by molar-refractivity contribution is -0.142. The first kappa shape index (κ1) is 21.9. The highest BCUT2D eigenvalue weighted by Crippen LogP contribution is 2.27. The van der Waals surface area contributed by atoms with E-state index in [2.05, 4.69) is 5.32 Å². The number of carbonyl (C=O) groups excluding carboxylic acids is 3. The number of benzene rings is 2. The molecule has 1 fully saturated rings. The molecule has 0 spiro atoms. The largest absolute Gasteiger partial charge is 0.468 e. The van der Waals surface area contributed by atoms with Crippen LogP contribution in [-0.4, -0.2) is 35.5 Å². The Bertz CT molecular complexity index is 945. The van der Waals surface area contributed by atoms with Crippen molar-refractivity contribution < 1.29 is 23.9 Å². The quantitative estimate of drug-likeness (QED) is 0.622.